The Balaban J connectivity index is 1.72. The number of esters is 1. The van der Waals surface area contributed by atoms with Gasteiger partial charge in [-0.3, -0.25) is 0 Å². The van der Waals surface area contributed by atoms with Crippen molar-refractivity contribution in [3.8, 4) is 0 Å². The number of rotatable bonds is 8. The van der Waals surface area contributed by atoms with E-state index < -0.39 is 5.97 Å². The number of allylic oxidation sites excluding steroid dienone is 1. The molecule has 0 amide bonds. The van der Waals surface area contributed by atoms with E-state index in [-0.39, 0.29) is 5.76 Å². The molecule has 0 bridgehead atoms. The molecular formula is C19H19N3O3S. The molecule has 134 valence electrons. The number of hydrogen-bond acceptors (Lipinski definition) is 6. The van der Waals surface area contributed by atoms with Gasteiger partial charge in [0.05, 0.1) is 12.9 Å². The summed E-state index contributed by atoms with van der Waals surface area (Å²) in [5.74, 6) is 1.81. The van der Waals surface area contributed by atoms with Crippen molar-refractivity contribution in [1.29, 1.82) is 0 Å². The number of methoxy groups -OCH3 is 1. The van der Waals surface area contributed by atoms with Gasteiger partial charge in [0.15, 0.2) is 5.16 Å². The van der Waals surface area contributed by atoms with E-state index in [4.69, 9.17) is 4.42 Å². The van der Waals surface area contributed by atoms with E-state index >= 15 is 0 Å². The van der Waals surface area contributed by atoms with E-state index in [1.807, 2.05) is 28.8 Å². The molecule has 0 saturated carbocycles. The summed E-state index contributed by atoms with van der Waals surface area (Å²) >= 11 is 1.50. The van der Waals surface area contributed by atoms with Crippen LogP contribution in [0.25, 0.3) is 0 Å². The zero-order valence-corrected chi connectivity index (χ0v) is 15.2. The summed E-state index contributed by atoms with van der Waals surface area (Å²) in [6, 6.07) is 13.5. The van der Waals surface area contributed by atoms with Crippen LogP contribution < -0.4 is 0 Å². The molecule has 0 N–H and O–H groups in total. The number of ether oxygens (including phenoxy) is 1. The zero-order valence-electron chi connectivity index (χ0n) is 14.4. The average molecular weight is 369 g/mol. The average Bonchev–Trinajstić information content (AvgIpc) is 3.28. The Morgan fingerprint density at radius 2 is 2.08 bits per heavy atom. The number of thioether (sulfide) groups is 1. The van der Waals surface area contributed by atoms with Crippen molar-refractivity contribution in [3.63, 3.8) is 0 Å². The second-order valence-corrected chi connectivity index (χ2v) is 6.45. The first kappa shape index (κ1) is 18.0. The number of hydrogen-bond donors (Lipinski definition) is 0. The minimum Gasteiger partial charge on any atom is -0.463 e. The van der Waals surface area contributed by atoms with Gasteiger partial charge in [0.25, 0.3) is 0 Å². The first-order valence-electron chi connectivity index (χ1n) is 8.08. The Morgan fingerprint density at radius 3 is 2.81 bits per heavy atom. The van der Waals surface area contributed by atoms with E-state index in [0.717, 1.165) is 11.0 Å². The van der Waals surface area contributed by atoms with Crippen molar-refractivity contribution in [2.75, 3.05) is 7.11 Å². The number of benzene rings is 1. The lowest BCUT2D eigenvalue weighted by Gasteiger charge is -2.07. The zero-order chi connectivity index (χ0) is 18.4. The molecule has 0 unspecified atom stereocenters. The molecule has 3 rings (SSSR count). The highest BCUT2D eigenvalue weighted by molar-refractivity contribution is 7.98. The molecule has 1 aromatic carbocycles. The standard InChI is InChI=1S/C19H19N3O3S/c1-3-11-22-17(12-14-7-5-4-6-8-14)20-21-19(22)26-13-15-9-10-16(25-15)18(23)24-2/h3-10H,1,11-13H2,2H3. The molecule has 6 nitrogen and oxygen atoms in total. The summed E-state index contributed by atoms with van der Waals surface area (Å²) in [5.41, 5.74) is 1.18. The lowest BCUT2D eigenvalue weighted by Crippen LogP contribution is -2.04. The van der Waals surface area contributed by atoms with Gasteiger partial charge < -0.3 is 13.7 Å². The van der Waals surface area contributed by atoms with Crippen molar-refractivity contribution in [2.45, 2.75) is 23.9 Å². The minimum atomic E-state index is -0.485. The maximum Gasteiger partial charge on any atom is 0.373 e. The third kappa shape index (κ3) is 4.23. The van der Waals surface area contributed by atoms with Crippen LogP contribution in [0.15, 0.2) is 64.7 Å². The summed E-state index contributed by atoms with van der Waals surface area (Å²) in [7, 11) is 1.32. The normalized spacial score (nSPS) is 10.7. The summed E-state index contributed by atoms with van der Waals surface area (Å²) < 4.78 is 12.2. The van der Waals surface area contributed by atoms with Gasteiger partial charge >= 0.3 is 5.97 Å². The fourth-order valence-electron chi connectivity index (χ4n) is 2.45. The third-order valence-corrected chi connectivity index (χ3v) is 4.69. The first-order valence-corrected chi connectivity index (χ1v) is 9.06. The van der Waals surface area contributed by atoms with Crippen molar-refractivity contribution < 1.29 is 13.9 Å². The van der Waals surface area contributed by atoms with Gasteiger partial charge in [0.2, 0.25) is 5.76 Å². The third-order valence-electron chi connectivity index (χ3n) is 3.70. The van der Waals surface area contributed by atoms with Gasteiger partial charge in [-0.15, -0.1) is 16.8 Å². The molecule has 0 aliphatic heterocycles. The molecule has 3 aromatic rings. The fourth-order valence-corrected chi connectivity index (χ4v) is 3.31. The second kappa shape index (κ2) is 8.53. The summed E-state index contributed by atoms with van der Waals surface area (Å²) in [5, 5.41) is 9.41. The largest absolute Gasteiger partial charge is 0.463 e. The number of carbonyl (C=O) groups excluding carboxylic acids is 1. The number of carbonyl (C=O) groups is 1. The topological polar surface area (TPSA) is 70.2 Å². The predicted molar refractivity (Wildman–Crippen MR) is 99.1 cm³/mol. The van der Waals surface area contributed by atoms with Crippen molar-refractivity contribution >= 4 is 17.7 Å². The molecule has 0 saturated heterocycles. The molecule has 26 heavy (non-hydrogen) atoms. The van der Waals surface area contributed by atoms with Crippen LogP contribution >= 0.6 is 11.8 Å². The van der Waals surface area contributed by atoms with E-state index in [1.165, 1.54) is 24.4 Å². The Hall–Kier alpha value is -2.80. The highest BCUT2D eigenvalue weighted by Gasteiger charge is 2.15. The van der Waals surface area contributed by atoms with Crippen LogP contribution in [0.3, 0.4) is 0 Å². The Kier molecular flexibility index (Phi) is 5.91. The lowest BCUT2D eigenvalue weighted by atomic mass is 10.1. The number of nitrogens with zero attached hydrogens (tertiary/aromatic N) is 3. The summed E-state index contributed by atoms with van der Waals surface area (Å²) in [4.78, 5) is 11.5. The van der Waals surface area contributed by atoms with Gasteiger partial charge in [-0.1, -0.05) is 48.2 Å². The maximum absolute atomic E-state index is 11.5. The van der Waals surface area contributed by atoms with Gasteiger partial charge in [-0.05, 0) is 17.7 Å². The van der Waals surface area contributed by atoms with Crippen LogP contribution in [0.5, 0.6) is 0 Å². The van der Waals surface area contributed by atoms with Gasteiger partial charge in [-0.2, -0.15) is 0 Å². The van der Waals surface area contributed by atoms with Crippen molar-refractivity contribution in [1.82, 2.24) is 14.8 Å². The molecular weight excluding hydrogens is 350 g/mol. The fraction of sp³-hybridized carbons (Fsp3) is 0.211. The second-order valence-electron chi connectivity index (χ2n) is 5.51. The van der Waals surface area contributed by atoms with Crippen LogP contribution in [0.4, 0.5) is 0 Å². The van der Waals surface area contributed by atoms with Crippen LogP contribution in [0, 0.1) is 0 Å². The molecule has 0 aliphatic carbocycles. The summed E-state index contributed by atoms with van der Waals surface area (Å²) in [6.07, 6.45) is 2.53. The molecule has 0 aliphatic rings. The van der Waals surface area contributed by atoms with Crippen LogP contribution in [-0.2, 0) is 23.5 Å². The smallest absolute Gasteiger partial charge is 0.373 e. The summed E-state index contributed by atoms with van der Waals surface area (Å²) in [6.45, 7) is 4.45. The molecule has 0 fully saturated rings. The highest BCUT2D eigenvalue weighted by Crippen LogP contribution is 2.24. The van der Waals surface area contributed by atoms with Crippen molar-refractivity contribution in [3.05, 3.63) is 78.0 Å². The predicted octanol–water partition coefficient (Wildman–Crippen LogP) is 3.73. The molecule has 0 spiro atoms. The van der Waals surface area contributed by atoms with Gasteiger partial charge in [0, 0.05) is 13.0 Å². The first-order chi connectivity index (χ1) is 12.7. The van der Waals surface area contributed by atoms with Crippen LogP contribution in [-0.4, -0.2) is 27.8 Å². The van der Waals surface area contributed by atoms with E-state index in [0.29, 0.717) is 24.5 Å². The minimum absolute atomic E-state index is 0.195. The quantitative estimate of drug-likeness (QED) is 0.342. The molecule has 7 heteroatoms. The van der Waals surface area contributed by atoms with Crippen LogP contribution in [0.2, 0.25) is 0 Å². The molecule has 2 aromatic heterocycles. The Morgan fingerprint density at radius 1 is 1.27 bits per heavy atom. The SMILES string of the molecule is C=CCn1c(Cc2ccccc2)nnc1SCc1ccc(C(=O)OC)o1. The Labute approximate surface area is 155 Å². The van der Waals surface area contributed by atoms with Gasteiger partial charge in [0.1, 0.15) is 11.6 Å². The van der Waals surface area contributed by atoms with Gasteiger partial charge in [-0.25, -0.2) is 4.79 Å². The Bertz CT molecular complexity index is 887. The molecule has 0 atom stereocenters. The van der Waals surface area contributed by atoms with E-state index in [9.17, 15) is 4.79 Å². The molecule has 0 radical (unpaired) electrons. The van der Waals surface area contributed by atoms with E-state index in [1.54, 1.807) is 12.1 Å². The highest BCUT2D eigenvalue weighted by atomic mass is 32.2. The number of aromatic nitrogens is 3. The number of furan rings is 1. The van der Waals surface area contributed by atoms with E-state index in [2.05, 4.69) is 33.6 Å². The monoisotopic (exact) mass is 369 g/mol. The van der Waals surface area contributed by atoms with Crippen LogP contribution in [0.1, 0.15) is 27.7 Å². The van der Waals surface area contributed by atoms with Crippen molar-refractivity contribution in [2.24, 2.45) is 0 Å². The lowest BCUT2D eigenvalue weighted by molar-refractivity contribution is 0.0563. The maximum atomic E-state index is 11.5. The molecule has 2 heterocycles.